The Bertz CT molecular complexity index is 1120. The van der Waals surface area contributed by atoms with Crippen LogP contribution in [0.4, 0.5) is 44.7 Å². The zero-order chi connectivity index (χ0) is 29.7. The third-order valence-corrected chi connectivity index (χ3v) is 4.71. The Balaban J connectivity index is 0.000000434. The molecule has 216 valence electrons. The number of hydrogen-bond acceptors (Lipinski definition) is 8. The molecule has 0 atom stereocenters. The van der Waals surface area contributed by atoms with Crippen LogP contribution in [-0.2, 0) is 4.79 Å². The summed E-state index contributed by atoms with van der Waals surface area (Å²) in [5.41, 5.74) is 6.54. The van der Waals surface area contributed by atoms with Crippen LogP contribution >= 0.6 is 0 Å². The molecule has 0 unspecified atom stereocenters. The van der Waals surface area contributed by atoms with Crippen LogP contribution < -0.4 is 25.4 Å². The van der Waals surface area contributed by atoms with E-state index in [0.717, 1.165) is 24.8 Å². The molecule has 0 aliphatic rings. The second-order valence-corrected chi connectivity index (χ2v) is 8.10. The summed E-state index contributed by atoms with van der Waals surface area (Å²) in [4.78, 5) is 25.1. The van der Waals surface area contributed by atoms with Crippen molar-refractivity contribution in [2.75, 3.05) is 63.4 Å². The van der Waals surface area contributed by atoms with Crippen molar-refractivity contribution in [3.8, 4) is 11.5 Å². The zero-order valence-corrected chi connectivity index (χ0v) is 21.5. The molecule has 0 aliphatic carbocycles. The van der Waals surface area contributed by atoms with Crippen molar-refractivity contribution in [1.82, 2.24) is 4.90 Å². The lowest BCUT2D eigenvalue weighted by Crippen LogP contribution is -2.29. The first-order chi connectivity index (χ1) is 18.2. The number of nitrogens with two attached hydrogens (primary N) is 1. The van der Waals surface area contributed by atoms with E-state index in [-0.39, 0.29) is 11.4 Å². The summed E-state index contributed by atoms with van der Waals surface area (Å²) < 4.78 is 70.4. The minimum absolute atomic E-state index is 0.151. The van der Waals surface area contributed by atoms with Crippen molar-refractivity contribution in [1.29, 1.82) is 0 Å². The predicted octanol–water partition coefficient (Wildman–Crippen LogP) is 4.41. The molecule has 1 amide bonds. The van der Waals surface area contributed by atoms with Crippen LogP contribution in [0.2, 0.25) is 0 Å². The number of nitrogens with one attached hydrogen (secondary N) is 1. The molecule has 0 spiro atoms. The van der Waals surface area contributed by atoms with E-state index < -0.39 is 54.1 Å². The van der Waals surface area contributed by atoms with E-state index in [1.807, 2.05) is 30.9 Å². The topological polar surface area (TPSA) is 123 Å². The molecule has 2 rings (SSSR count). The molecule has 0 saturated heterocycles. The van der Waals surface area contributed by atoms with Gasteiger partial charge in [-0.15, -0.1) is 0 Å². The highest BCUT2D eigenvalue weighted by Gasteiger charge is 2.18. The van der Waals surface area contributed by atoms with Crippen LogP contribution in [0.1, 0.15) is 0 Å². The number of nitro benzene ring substituents is 1. The SMILES string of the molecule is C=CC(=O)Nc1cc(N)c(OCC(F)F)cc1N(C)CCN(C)C.O=[N+]([O-])c1ccc(F)cc1OCC(F)F. The quantitative estimate of drug-likeness (QED) is 0.121. The molecule has 0 fully saturated rings. The smallest absolute Gasteiger partial charge is 0.311 e. The number of rotatable bonds is 13. The highest BCUT2D eigenvalue weighted by Crippen LogP contribution is 2.35. The molecule has 10 nitrogen and oxygen atoms in total. The normalized spacial score (nSPS) is 10.6. The number of hydrogen-bond donors (Lipinski definition) is 2. The van der Waals surface area contributed by atoms with E-state index in [9.17, 15) is 36.9 Å². The van der Waals surface area contributed by atoms with Gasteiger partial charge in [0.05, 0.1) is 22.0 Å². The van der Waals surface area contributed by atoms with Crippen LogP contribution in [0.25, 0.3) is 0 Å². The van der Waals surface area contributed by atoms with Gasteiger partial charge in [-0.3, -0.25) is 14.9 Å². The molecule has 0 heterocycles. The number of alkyl halides is 4. The number of nitrogen functional groups attached to an aromatic ring is 1. The maximum absolute atomic E-state index is 12.6. The number of benzene rings is 2. The van der Waals surface area contributed by atoms with Gasteiger partial charge >= 0.3 is 5.69 Å². The molecule has 0 saturated carbocycles. The number of carbonyl (C=O) groups excluding carboxylic acids is 1. The number of nitro groups is 1. The van der Waals surface area contributed by atoms with Crippen molar-refractivity contribution >= 4 is 28.7 Å². The molecular formula is C24H30F5N5O5. The predicted molar refractivity (Wildman–Crippen MR) is 138 cm³/mol. The van der Waals surface area contributed by atoms with Gasteiger partial charge in [0.15, 0.2) is 5.75 Å². The van der Waals surface area contributed by atoms with E-state index >= 15 is 0 Å². The van der Waals surface area contributed by atoms with E-state index in [1.54, 1.807) is 6.07 Å². The van der Waals surface area contributed by atoms with Gasteiger partial charge in [0, 0.05) is 38.3 Å². The summed E-state index contributed by atoms with van der Waals surface area (Å²) >= 11 is 0. The lowest BCUT2D eigenvalue weighted by molar-refractivity contribution is -0.386. The highest BCUT2D eigenvalue weighted by atomic mass is 19.3. The number of anilines is 3. The number of nitrogens with zero attached hydrogens (tertiary/aromatic N) is 3. The maximum atomic E-state index is 12.6. The van der Waals surface area contributed by atoms with E-state index in [4.69, 9.17) is 10.5 Å². The van der Waals surface area contributed by atoms with Gasteiger partial charge in [0.1, 0.15) is 24.8 Å². The fourth-order valence-corrected chi connectivity index (χ4v) is 2.84. The number of ether oxygens (including phenoxy) is 2. The zero-order valence-electron chi connectivity index (χ0n) is 21.5. The lowest BCUT2D eigenvalue weighted by atomic mass is 10.2. The Morgan fingerprint density at radius 3 is 2.18 bits per heavy atom. The third kappa shape index (κ3) is 11.8. The van der Waals surface area contributed by atoms with Gasteiger partial charge in [-0.25, -0.2) is 22.0 Å². The number of halogens is 5. The third-order valence-electron chi connectivity index (χ3n) is 4.71. The van der Waals surface area contributed by atoms with E-state index in [0.29, 0.717) is 24.0 Å². The second kappa shape index (κ2) is 16.0. The summed E-state index contributed by atoms with van der Waals surface area (Å²) in [6, 6.07) is 5.44. The van der Waals surface area contributed by atoms with Gasteiger partial charge in [0.25, 0.3) is 12.9 Å². The molecule has 39 heavy (non-hydrogen) atoms. The Morgan fingerprint density at radius 2 is 1.67 bits per heavy atom. The molecule has 3 N–H and O–H groups in total. The highest BCUT2D eigenvalue weighted by molar-refractivity contribution is 6.02. The number of likely N-dealkylation sites (N-methyl/N-ethyl adjacent to an activating group) is 2. The van der Waals surface area contributed by atoms with E-state index in [2.05, 4.69) is 16.6 Å². The average Bonchev–Trinajstić information content (AvgIpc) is 2.85. The van der Waals surface area contributed by atoms with Crippen molar-refractivity contribution < 1.29 is 41.1 Å². The Hall–Kier alpha value is -4.14. The van der Waals surface area contributed by atoms with Gasteiger partial charge in [0.2, 0.25) is 5.91 Å². The molecule has 0 aliphatic heterocycles. The molecule has 2 aromatic rings. The molecular weight excluding hydrogens is 533 g/mol. The first-order valence-electron chi connectivity index (χ1n) is 11.2. The average molecular weight is 564 g/mol. The summed E-state index contributed by atoms with van der Waals surface area (Å²) in [6.07, 6.45) is -4.23. The summed E-state index contributed by atoms with van der Waals surface area (Å²) in [7, 11) is 5.71. The standard InChI is InChI=1S/C16H24F2N4O2.C8H6F3NO3/c1-5-16(23)20-12-8-11(19)14(24-10-15(17)18)9-13(12)22(4)7-6-21(2)3;9-5-1-2-6(12(13)14)7(3-5)15-4-8(10)11/h5,8-9,15H,1,6-7,10,19H2,2-4H3,(H,20,23);1-3,8H,4H2. The van der Waals surface area contributed by atoms with Gasteiger partial charge < -0.3 is 30.3 Å². The number of carbonyl (C=O) groups is 1. The fourth-order valence-electron chi connectivity index (χ4n) is 2.84. The van der Waals surface area contributed by atoms with Crippen LogP contribution in [0.15, 0.2) is 43.0 Å². The van der Waals surface area contributed by atoms with Gasteiger partial charge in [-0.1, -0.05) is 6.58 Å². The summed E-state index contributed by atoms with van der Waals surface area (Å²) in [6.45, 7) is 3.07. The van der Waals surface area contributed by atoms with Crippen molar-refractivity contribution in [2.45, 2.75) is 12.9 Å². The largest absolute Gasteiger partial charge is 0.485 e. The first-order valence-corrected chi connectivity index (χ1v) is 11.2. The molecule has 2 aromatic carbocycles. The minimum Gasteiger partial charge on any atom is -0.485 e. The van der Waals surface area contributed by atoms with Crippen molar-refractivity contribution in [2.24, 2.45) is 0 Å². The van der Waals surface area contributed by atoms with Crippen LogP contribution in [0, 0.1) is 15.9 Å². The Labute approximate surface area is 221 Å². The van der Waals surface area contributed by atoms with Crippen molar-refractivity contribution in [3.63, 3.8) is 0 Å². The Kier molecular flexibility index (Phi) is 13.5. The summed E-state index contributed by atoms with van der Waals surface area (Å²) in [5.74, 6) is -1.53. The molecule has 0 aromatic heterocycles. The maximum Gasteiger partial charge on any atom is 0.311 e. The second-order valence-electron chi connectivity index (χ2n) is 8.10. The van der Waals surface area contributed by atoms with Crippen LogP contribution in [0.5, 0.6) is 11.5 Å². The minimum atomic E-state index is -2.77. The first kappa shape index (κ1) is 32.9. The Morgan fingerprint density at radius 1 is 1.08 bits per heavy atom. The molecule has 0 radical (unpaired) electrons. The van der Waals surface area contributed by atoms with Gasteiger partial charge in [-0.05, 0) is 32.3 Å². The van der Waals surface area contributed by atoms with Gasteiger partial charge in [-0.2, -0.15) is 0 Å². The molecule has 0 bridgehead atoms. The lowest BCUT2D eigenvalue weighted by Gasteiger charge is -2.25. The van der Waals surface area contributed by atoms with Crippen LogP contribution in [0.3, 0.4) is 0 Å². The molecule has 15 heteroatoms. The van der Waals surface area contributed by atoms with Crippen molar-refractivity contribution in [3.05, 3.63) is 58.9 Å². The number of amides is 1. The van der Waals surface area contributed by atoms with Crippen LogP contribution in [-0.4, -0.2) is 76.0 Å². The fraction of sp³-hybridized carbons (Fsp3) is 0.375. The van der Waals surface area contributed by atoms with E-state index in [1.165, 1.54) is 6.07 Å². The monoisotopic (exact) mass is 563 g/mol. The summed E-state index contributed by atoms with van der Waals surface area (Å²) in [5, 5.41) is 13.1.